The van der Waals surface area contributed by atoms with Crippen molar-refractivity contribution in [2.75, 3.05) is 19.8 Å². The smallest absolute Gasteiger partial charge is 0.364 e. The van der Waals surface area contributed by atoms with E-state index >= 15 is 0 Å². The first-order valence-corrected chi connectivity index (χ1v) is 11.3. The first kappa shape index (κ1) is 25.4. The Bertz CT molecular complexity index is 295. The minimum absolute atomic E-state index is 0.225. The summed E-state index contributed by atoms with van der Waals surface area (Å²) in [6.45, 7) is 5.97. The van der Waals surface area contributed by atoms with Gasteiger partial charge in [0.2, 0.25) is 0 Å². The molecule has 0 aliphatic rings. The normalized spacial score (nSPS) is 12.3. The maximum Gasteiger partial charge on any atom is 0.364 e. The molecule has 0 spiro atoms. The Labute approximate surface area is 162 Å². The van der Waals surface area contributed by atoms with Gasteiger partial charge < -0.3 is 15.2 Å². The lowest BCUT2D eigenvalue weighted by atomic mass is 10.0. The van der Waals surface area contributed by atoms with Crippen LogP contribution in [0.15, 0.2) is 0 Å². The molecule has 0 aromatic rings. The van der Waals surface area contributed by atoms with Gasteiger partial charge in [0.05, 0.1) is 6.61 Å². The molecule has 3 N–H and O–H groups in total. The average molecular weight is 373 g/mol. The molecule has 0 fully saturated rings. The molecule has 156 valence electrons. The molecule has 0 aliphatic heterocycles. The van der Waals surface area contributed by atoms with Gasteiger partial charge in [-0.1, -0.05) is 90.4 Å². The molecule has 4 heteroatoms. The van der Waals surface area contributed by atoms with Crippen LogP contribution in [-0.2, 0) is 14.3 Å². The molecule has 0 aliphatic carbocycles. The molecule has 0 heterocycles. The van der Waals surface area contributed by atoms with E-state index < -0.39 is 0 Å². The second-order valence-electron chi connectivity index (χ2n) is 7.63. The minimum Gasteiger partial charge on any atom is -0.461 e. The van der Waals surface area contributed by atoms with Gasteiger partial charge >= 0.3 is 5.97 Å². The number of ether oxygens (including phenoxy) is 2. The molecule has 26 heavy (non-hydrogen) atoms. The van der Waals surface area contributed by atoms with E-state index in [-0.39, 0.29) is 12.0 Å². The number of quaternary nitrogens is 1. The third-order valence-corrected chi connectivity index (χ3v) is 4.72. The lowest BCUT2D eigenvalue weighted by molar-refractivity contribution is -0.402. The lowest BCUT2D eigenvalue weighted by Crippen LogP contribution is -2.63. The van der Waals surface area contributed by atoms with Crippen LogP contribution in [0.2, 0.25) is 0 Å². The third kappa shape index (κ3) is 19.7. The summed E-state index contributed by atoms with van der Waals surface area (Å²) in [6.07, 6.45) is 20.1. The van der Waals surface area contributed by atoms with Crippen molar-refractivity contribution in [3.8, 4) is 0 Å². The van der Waals surface area contributed by atoms with Crippen molar-refractivity contribution in [3.63, 3.8) is 0 Å². The fraction of sp³-hybridized carbons (Fsp3) is 0.955. The Hall–Kier alpha value is -0.610. The molecule has 0 amide bonds. The molecule has 0 aromatic heterocycles. The van der Waals surface area contributed by atoms with Crippen molar-refractivity contribution < 1.29 is 20.0 Å². The zero-order chi connectivity index (χ0) is 19.3. The van der Waals surface area contributed by atoms with Crippen LogP contribution < -0.4 is 5.73 Å². The van der Waals surface area contributed by atoms with Gasteiger partial charge in [0.1, 0.15) is 0 Å². The van der Waals surface area contributed by atoms with Gasteiger partial charge in [0, 0.05) is 19.6 Å². The molecule has 0 unspecified atom stereocenters. The summed E-state index contributed by atoms with van der Waals surface area (Å²) < 4.78 is 10.6. The maximum absolute atomic E-state index is 11.2. The highest BCUT2D eigenvalue weighted by molar-refractivity contribution is 5.73. The molecular formula is C22H46NO3+. The van der Waals surface area contributed by atoms with Crippen molar-refractivity contribution >= 4 is 5.97 Å². The van der Waals surface area contributed by atoms with Gasteiger partial charge in [-0.3, -0.25) is 0 Å². The summed E-state index contributed by atoms with van der Waals surface area (Å²) in [7, 11) is 0. The van der Waals surface area contributed by atoms with Crippen molar-refractivity contribution in [1.82, 2.24) is 0 Å². The Kier molecular flexibility index (Phi) is 20.2. The number of unbranched alkanes of at least 4 members (excludes halogenated alkanes) is 13. The van der Waals surface area contributed by atoms with Crippen LogP contribution in [-0.4, -0.2) is 31.8 Å². The third-order valence-electron chi connectivity index (χ3n) is 4.72. The Morgan fingerprint density at radius 1 is 0.692 bits per heavy atom. The largest absolute Gasteiger partial charge is 0.461 e. The molecule has 0 rings (SSSR count). The van der Waals surface area contributed by atoms with E-state index in [0.717, 1.165) is 19.4 Å². The van der Waals surface area contributed by atoms with Crippen molar-refractivity contribution in [2.24, 2.45) is 0 Å². The number of esters is 1. The predicted molar refractivity (Wildman–Crippen MR) is 109 cm³/mol. The van der Waals surface area contributed by atoms with Gasteiger partial charge in [-0.2, -0.15) is 0 Å². The quantitative estimate of drug-likeness (QED) is 0.240. The van der Waals surface area contributed by atoms with E-state index in [2.05, 4.69) is 12.7 Å². The molecule has 0 radical (unpaired) electrons. The number of carbonyl (C=O) groups excluding carboxylic acids is 1. The van der Waals surface area contributed by atoms with Crippen molar-refractivity contribution in [1.29, 1.82) is 0 Å². The highest BCUT2D eigenvalue weighted by Gasteiger charge is 2.11. The summed E-state index contributed by atoms with van der Waals surface area (Å²) in [5, 5.41) is 0. The zero-order valence-corrected chi connectivity index (χ0v) is 17.7. The van der Waals surface area contributed by atoms with Crippen LogP contribution in [0.3, 0.4) is 0 Å². The number of carbonyl (C=O) groups is 1. The summed E-state index contributed by atoms with van der Waals surface area (Å²) in [6, 6.07) is -0.286. The van der Waals surface area contributed by atoms with Gasteiger partial charge in [-0.25, -0.2) is 4.79 Å². The Morgan fingerprint density at radius 3 is 1.58 bits per heavy atom. The van der Waals surface area contributed by atoms with Gasteiger partial charge in [0.15, 0.2) is 6.04 Å². The number of rotatable bonds is 20. The summed E-state index contributed by atoms with van der Waals surface area (Å²) in [5.74, 6) is -0.225. The van der Waals surface area contributed by atoms with E-state index in [1.54, 1.807) is 6.92 Å². The SMILES string of the molecule is CCCCCCCCCCCCCCCCOCCCOC(=O)[C@H](C)[NH3+]. The minimum atomic E-state index is -0.286. The first-order chi connectivity index (χ1) is 12.7. The molecule has 0 saturated carbocycles. The second-order valence-corrected chi connectivity index (χ2v) is 7.63. The van der Waals surface area contributed by atoms with E-state index in [1.807, 2.05) is 0 Å². The standard InChI is InChI=1S/C22H45NO3/c1-3-4-5-6-7-8-9-10-11-12-13-14-15-16-18-25-19-17-20-26-22(24)21(2)23/h21H,3-20,23H2,1-2H3/p+1/t21-/m0/s1. The van der Waals surface area contributed by atoms with Crippen molar-refractivity contribution in [2.45, 2.75) is 116 Å². The predicted octanol–water partition coefficient (Wildman–Crippen LogP) is 5.05. The Morgan fingerprint density at radius 2 is 1.12 bits per heavy atom. The van der Waals surface area contributed by atoms with Gasteiger partial charge in [-0.05, 0) is 13.3 Å². The van der Waals surface area contributed by atoms with E-state index in [1.165, 1.54) is 83.5 Å². The number of hydrogen-bond acceptors (Lipinski definition) is 3. The average Bonchev–Trinajstić information content (AvgIpc) is 2.63. The molecule has 1 atom stereocenters. The monoisotopic (exact) mass is 372 g/mol. The lowest BCUT2D eigenvalue weighted by Gasteiger charge is -2.06. The van der Waals surface area contributed by atoms with Crippen LogP contribution in [0.1, 0.15) is 110 Å². The zero-order valence-electron chi connectivity index (χ0n) is 17.7. The van der Waals surface area contributed by atoms with E-state index in [9.17, 15) is 4.79 Å². The summed E-state index contributed by atoms with van der Waals surface area (Å²) in [5.41, 5.74) is 3.63. The van der Waals surface area contributed by atoms with Crippen LogP contribution in [0.4, 0.5) is 0 Å². The number of hydrogen-bond donors (Lipinski definition) is 1. The molecular weight excluding hydrogens is 326 g/mol. The van der Waals surface area contributed by atoms with Crippen LogP contribution in [0, 0.1) is 0 Å². The fourth-order valence-electron chi connectivity index (χ4n) is 2.98. The summed E-state index contributed by atoms with van der Waals surface area (Å²) >= 11 is 0. The highest BCUT2D eigenvalue weighted by atomic mass is 16.5. The second kappa shape index (κ2) is 20.7. The van der Waals surface area contributed by atoms with Crippen LogP contribution in [0.25, 0.3) is 0 Å². The van der Waals surface area contributed by atoms with Crippen LogP contribution in [0.5, 0.6) is 0 Å². The van der Waals surface area contributed by atoms with E-state index in [0.29, 0.717) is 13.2 Å². The topological polar surface area (TPSA) is 63.2 Å². The maximum atomic E-state index is 11.2. The highest BCUT2D eigenvalue weighted by Crippen LogP contribution is 2.12. The van der Waals surface area contributed by atoms with Gasteiger partial charge in [-0.15, -0.1) is 0 Å². The molecule has 0 aromatic carbocycles. The molecule has 0 saturated heterocycles. The van der Waals surface area contributed by atoms with Crippen molar-refractivity contribution in [3.05, 3.63) is 0 Å². The fourth-order valence-corrected chi connectivity index (χ4v) is 2.98. The van der Waals surface area contributed by atoms with E-state index in [4.69, 9.17) is 9.47 Å². The Balaban J connectivity index is 3.04. The molecule has 4 nitrogen and oxygen atoms in total. The first-order valence-electron chi connectivity index (χ1n) is 11.3. The van der Waals surface area contributed by atoms with Crippen LogP contribution >= 0.6 is 0 Å². The molecule has 0 bridgehead atoms. The van der Waals surface area contributed by atoms with Gasteiger partial charge in [0.25, 0.3) is 0 Å². The summed E-state index contributed by atoms with van der Waals surface area (Å²) in [4.78, 5) is 11.2.